The molecule has 2 heterocycles. The van der Waals surface area contributed by atoms with Crippen LogP contribution in [0.4, 0.5) is 0 Å². The number of rotatable bonds is 7. The Bertz CT molecular complexity index is 2800. The largest absolute Gasteiger partial charge is 0.359 e. The molecule has 0 saturated heterocycles. The molecule has 1 unspecified atom stereocenters. The highest BCUT2D eigenvalue weighted by Crippen LogP contribution is 2.36. The maximum atomic E-state index is 5.13. The monoisotopic (exact) mass is 703 g/mol. The Hall–Kier alpha value is -7.23. The second kappa shape index (κ2) is 14.0. The lowest BCUT2D eigenvalue weighted by atomic mass is 9.93. The van der Waals surface area contributed by atoms with Crippen molar-refractivity contribution in [1.82, 2.24) is 9.88 Å². The molecule has 0 aliphatic carbocycles. The van der Waals surface area contributed by atoms with Crippen LogP contribution in [-0.2, 0) is 0 Å². The van der Waals surface area contributed by atoms with Crippen LogP contribution in [-0.4, -0.2) is 10.4 Å². The quantitative estimate of drug-likeness (QED) is 0.176. The third kappa shape index (κ3) is 6.22. The normalized spacial score (nSPS) is 14.0. The highest BCUT2D eigenvalue weighted by molar-refractivity contribution is 6.09. The van der Waals surface area contributed by atoms with E-state index in [1.807, 2.05) is 6.07 Å². The summed E-state index contributed by atoms with van der Waals surface area (Å²) in [7, 11) is 0. The Labute approximate surface area is 321 Å². The summed E-state index contributed by atoms with van der Waals surface area (Å²) in [5.41, 5.74) is 14.9. The molecule has 1 aliphatic heterocycles. The van der Waals surface area contributed by atoms with E-state index in [1.54, 1.807) is 0 Å². The number of fused-ring (bicyclic) bond motifs is 3. The van der Waals surface area contributed by atoms with Crippen LogP contribution in [0.5, 0.6) is 0 Å². The third-order valence-corrected chi connectivity index (χ3v) is 10.6. The first-order valence-corrected chi connectivity index (χ1v) is 18.8. The first kappa shape index (κ1) is 32.4. The molecule has 3 nitrogen and oxygen atoms in total. The molecule has 0 fully saturated rings. The van der Waals surface area contributed by atoms with Gasteiger partial charge in [-0.05, 0) is 93.0 Å². The highest BCUT2D eigenvalue weighted by atomic mass is 15.0. The first-order chi connectivity index (χ1) is 27.2. The van der Waals surface area contributed by atoms with Gasteiger partial charge in [0.25, 0.3) is 0 Å². The van der Waals surface area contributed by atoms with Crippen molar-refractivity contribution in [2.24, 2.45) is 4.99 Å². The van der Waals surface area contributed by atoms with Gasteiger partial charge < -0.3 is 9.88 Å². The number of hydrogen-bond donors (Lipinski definition) is 1. The number of aromatic nitrogens is 1. The number of benzene rings is 8. The molecule has 8 aromatic carbocycles. The summed E-state index contributed by atoms with van der Waals surface area (Å²) in [6, 6.07) is 73.7. The summed E-state index contributed by atoms with van der Waals surface area (Å²) in [6.07, 6.45) is 2.22. The summed E-state index contributed by atoms with van der Waals surface area (Å²) in [5, 5.41) is 6.25. The molecule has 0 spiro atoms. The summed E-state index contributed by atoms with van der Waals surface area (Å²) < 4.78 is 2.37. The number of hydrogen-bond acceptors (Lipinski definition) is 2. The van der Waals surface area contributed by atoms with E-state index >= 15 is 0 Å². The summed E-state index contributed by atoms with van der Waals surface area (Å²) in [5.74, 6) is 0.865. The Morgan fingerprint density at radius 1 is 0.382 bits per heavy atom. The minimum Gasteiger partial charge on any atom is -0.359 e. The van der Waals surface area contributed by atoms with Gasteiger partial charge in [-0.25, -0.2) is 4.99 Å². The first-order valence-electron chi connectivity index (χ1n) is 18.8. The SMILES string of the molecule is C1=C(c2ccccc2)N=C(c2ccc(-c3cc(-c4ccccc4)cc(-c4ccc(-n5c6ccccc6c6ccccc65)cc4)c3)cc2)NC1c1ccccc1. The average molecular weight is 704 g/mol. The zero-order valence-corrected chi connectivity index (χ0v) is 30.2. The molecular formula is C52H37N3. The van der Waals surface area contributed by atoms with E-state index in [0.29, 0.717) is 0 Å². The van der Waals surface area contributed by atoms with E-state index in [0.717, 1.165) is 33.9 Å². The average Bonchev–Trinajstić information content (AvgIpc) is 3.61. The topological polar surface area (TPSA) is 29.3 Å². The molecule has 10 rings (SSSR count). The van der Waals surface area contributed by atoms with E-state index in [4.69, 9.17) is 4.99 Å². The maximum absolute atomic E-state index is 5.13. The molecule has 0 amide bonds. The Morgan fingerprint density at radius 2 is 0.818 bits per heavy atom. The number of amidine groups is 1. The van der Waals surface area contributed by atoms with Gasteiger partial charge in [0.05, 0.1) is 22.8 Å². The van der Waals surface area contributed by atoms with Crippen molar-refractivity contribution in [1.29, 1.82) is 0 Å². The fourth-order valence-electron chi connectivity index (χ4n) is 7.88. The van der Waals surface area contributed by atoms with E-state index in [9.17, 15) is 0 Å². The van der Waals surface area contributed by atoms with Crippen LogP contribution in [0.2, 0.25) is 0 Å². The van der Waals surface area contributed by atoms with Crippen molar-refractivity contribution < 1.29 is 0 Å². The Balaban J connectivity index is 1.02. The fourth-order valence-corrected chi connectivity index (χ4v) is 7.88. The summed E-state index contributed by atoms with van der Waals surface area (Å²) >= 11 is 0. The standard InChI is InChI=1S/C52H37N3/c1-4-14-36(15-5-1)42-32-43(34-44(33-42)38-28-30-45(31-29-38)55-50-22-12-10-20-46(50)47-21-11-13-23-51(47)55)37-24-26-41(27-25-37)52-53-48(39-16-6-2-7-17-39)35-49(54-52)40-18-8-3-9-19-40/h1-35,48H,(H,53,54). The molecule has 0 bridgehead atoms. The van der Waals surface area contributed by atoms with Gasteiger partial charge in [0, 0.05) is 22.0 Å². The second-order valence-corrected chi connectivity index (χ2v) is 14.1. The van der Waals surface area contributed by atoms with Gasteiger partial charge in [0.1, 0.15) is 5.84 Å². The van der Waals surface area contributed by atoms with Gasteiger partial charge >= 0.3 is 0 Å². The molecule has 0 saturated carbocycles. The number of nitrogens with zero attached hydrogens (tertiary/aromatic N) is 2. The van der Waals surface area contributed by atoms with Crippen LogP contribution in [0.1, 0.15) is 22.7 Å². The predicted molar refractivity (Wildman–Crippen MR) is 230 cm³/mol. The molecule has 1 atom stereocenters. The van der Waals surface area contributed by atoms with E-state index in [1.165, 1.54) is 55.2 Å². The molecule has 3 heteroatoms. The molecular weight excluding hydrogens is 667 g/mol. The van der Waals surface area contributed by atoms with E-state index < -0.39 is 0 Å². The van der Waals surface area contributed by atoms with E-state index in [-0.39, 0.29) is 6.04 Å². The molecule has 1 N–H and O–H groups in total. The Kier molecular flexibility index (Phi) is 8.23. The van der Waals surface area contributed by atoms with Crippen LogP contribution >= 0.6 is 0 Å². The van der Waals surface area contributed by atoms with Gasteiger partial charge in [-0.15, -0.1) is 0 Å². The van der Waals surface area contributed by atoms with Gasteiger partial charge in [0.15, 0.2) is 0 Å². The van der Waals surface area contributed by atoms with Crippen LogP contribution in [0.15, 0.2) is 217 Å². The molecule has 9 aromatic rings. The van der Waals surface area contributed by atoms with Crippen molar-refractivity contribution in [2.75, 3.05) is 0 Å². The molecule has 1 aromatic heterocycles. The number of aliphatic imine (C=N–C) groups is 1. The smallest absolute Gasteiger partial charge is 0.134 e. The zero-order valence-electron chi connectivity index (χ0n) is 30.2. The van der Waals surface area contributed by atoms with Gasteiger partial charge in [0.2, 0.25) is 0 Å². The number of nitrogens with one attached hydrogen (secondary N) is 1. The van der Waals surface area contributed by atoms with Crippen molar-refractivity contribution in [3.05, 3.63) is 229 Å². The van der Waals surface area contributed by atoms with Gasteiger partial charge in [-0.2, -0.15) is 0 Å². The lowest BCUT2D eigenvalue weighted by Gasteiger charge is -2.24. The number of para-hydroxylation sites is 2. The highest BCUT2D eigenvalue weighted by Gasteiger charge is 2.20. The third-order valence-electron chi connectivity index (χ3n) is 10.6. The Morgan fingerprint density at radius 3 is 1.38 bits per heavy atom. The lowest BCUT2D eigenvalue weighted by Crippen LogP contribution is -2.31. The minimum absolute atomic E-state index is 0.00930. The molecule has 1 aliphatic rings. The zero-order chi connectivity index (χ0) is 36.6. The second-order valence-electron chi connectivity index (χ2n) is 14.1. The summed E-state index contributed by atoms with van der Waals surface area (Å²) in [6.45, 7) is 0. The lowest BCUT2D eigenvalue weighted by molar-refractivity contribution is 0.781. The van der Waals surface area contributed by atoms with Gasteiger partial charge in [-0.1, -0.05) is 164 Å². The van der Waals surface area contributed by atoms with Crippen LogP contribution in [0.3, 0.4) is 0 Å². The predicted octanol–water partition coefficient (Wildman–Crippen LogP) is 12.9. The van der Waals surface area contributed by atoms with E-state index in [2.05, 4.69) is 216 Å². The van der Waals surface area contributed by atoms with Crippen LogP contribution in [0, 0.1) is 0 Å². The van der Waals surface area contributed by atoms with Crippen molar-refractivity contribution in [3.63, 3.8) is 0 Å². The minimum atomic E-state index is 0.00930. The van der Waals surface area contributed by atoms with Crippen molar-refractivity contribution in [2.45, 2.75) is 6.04 Å². The molecule has 260 valence electrons. The molecule has 55 heavy (non-hydrogen) atoms. The van der Waals surface area contributed by atoms with Crippen LogP contribution in [0.25, 0.3) is 66.6 Å². The van der Waals surface area contributed by atoms with Gasteiger partial charge in [-0.3, -0.25) is 0 Å². The maximum Gasteiger partial charge on any atom is 0.134 e. The fraction of sp³-hybridized carbons (Fsp3) is 0.0192. The van der Waals surface area contributed by atoms with Crippen molar-refractivity contribution in [3.8, 4) is 39.1 Å². The molecule has 0 radical (unpaired) electrons. The van der Waals surface area contributed by atoms with Crippen molar-refractivity contribution >= 4 is 33.3 Å². The van der Waals surface area contributed by atoms with Crippen LogP contribution < -0.4 is 5.32 Å². The summed E-state index contributed by atoms with van der Waals surface area (Å²) in [4.78, 5) is 5.13.